The van der Waals surface area contributed by atoms with Crippen LogP contribution in [0.25, 0.3) is 0 Å². The number of rotatable bonds is 3. The Labute approximate surface area is 157 Å². The van der Waals surface area contributed by atoms with E-state index in [9.17, 15) is 14.0 Å². The minimum Gasteiger partial charge on any atom is -0.267 e. The van der Waals surface area contributed by atoms with Crippen LogP contribution in [0, 0.1) is 5.82 Å². The van der Waals surface area contributed by atoms with Gasteiger partial charge in [-0.3, -0.25) is 15.0 Å². The molecular weight excluding hydrogens is 355 g/mol. The number of aryl methyl sites for hydroxylation is 1. The molecule has 0 unspecified atom stereocenters. The molecule has 6 heteroatoms. The average Bonchev–Trinajstić information content (AvgIpc) is 2.57. The standard InChI is InChI=1S/C20H22ClFN2O2/c1-5-13-6-8-14(9-7-13)18(25)23-24(20(2,3)4)19(26)15-10-16(21)12-17(22)11-15/h6-12H,5H2,1-4H3,(H,23,25). The maximum Gasteiger partial charge on any atom is 0.272 e. The number of hydrazine groups is 1. The summed E-state index contributed by atoms with van der Waals surface area (Å²) in [5.74, 6) is -1.58. The minimum atomic E-state index is -0.727. The normalized spacial score (nSPS) is 11.2. The molecule has 0 fully saturated rings. The number of amides is 2. The molecule has 0 spiro atoms. The first-order valence-electron chi connectivity index (χ1n) is 8.32. The van der Waals surface area contributed by atoms with Gasteiger partial charge in [-0.25, -0.2) is 9.40 Å². The van der Waals surface area contributed by atoms with Crippen LogP contribution in [0.5, 0.6) is 0 Å². The highest BCUT2D eigenvalue weighted by atomic mass is 35.5. The predicted octanol–water partition coefficient (Wildman–Crippen LogP) is 4.63. The first-order chi connectivity index (χ1) is 12.1. The first-order valence-corrected chi connectivity index (χ1v) is 8.70. The van der Waals surface area contributed by atoms with E-state index in [0.717, 1.165) is 24.1 Å². The Bertz CT molecular complexity index is 793. The molecule has 0 aliphatic rings. The van der Waals surface area contributed by atoms with Crippen molar-refractivity contribution in [1.82, 2.24) is 10.4 Å². The van der Waals surface area contributed by atoms with Gasteiger partial charge < -0.3 is 0 Å². The number of nitrogens with zero attached hydrogens (tertiary/aromatic N) is 1. The fraction of sp³-hybridized carbons (Fsp3) is 0.300. The monoisotopic (exact) mass is 376 g/mol. The highest BCUT2D eigenvalue weighted by Gasteiger charge is 2.30. The minimum absolute atomic E-state index is 0.0616. The molecule has 0 saturated heterocycles. The summed E-state index contributed by atoms with van der Waals surface area (Å²) < 4.78 is 13.6. The van der Waals surface area contributed by atoms with Crippen molar-refractivity contribution < 1.29 is 14.0 Å². The highest BCUT2D eigenvalue weighted by Crippen LogP contribution is 2.20. The van der Waals surface area contributed by atoms with Crippen molar-refractivity contribution in [1.29, 1.82) is 0 Å². The van der Waals surface area contributed by atoms with Gasteiger partial charge in [0.1, 0.15) is 5.82 Å². The van der Waals surface area contributed by atoms with Gasteiger partial charge in [-0.1, -0.05) is 30.7 Å². The molecule has 0 saturated carbocycles. The van der Waals surface area contributed by atoms with E-state index in [-0.39, 0.29) is 10.6 Å². The van der Waals surface area contributed by atoms with Crippen molar-refractivity contribution in [3.8, 4) is 0 Å². The number of carbonyl (C=O) groups is 2. The third-order valence-corrected chi connectivity index (χ3v) is 4.04. The van der Waals surface area contributed by atoms with Gasteiger partial charge in [0.15, 0.2) is 0 Å². The zero-order valence-electron chi connectivity index (χ0n) is 15.3. The quantitative estimate of drug-likeness (QED) is 0.794. The summed E-state index contributed by atoms with van der Waals surface area (Å²) in [6, 6.07) is 10.7. The fourth-order valence-electron chi connectivity index (χ4n) is 2.39. The van der Waals surface area contributed by atoms with Gasteiger partial charge in [-0.15, -0.1) is 0 Å². The van der Waals surface area contributed by atoms with Crippen molar-refractivity contribution in [3.63, 3.8) is 0 Å². The van der Waals surface area contributed by atoms with E-state index in [2.05, 4.69) is 5.43 Å². The summed E-state index contributed by atoms with van der Waals surface area (Å²) in [5.41, 5.74) is 3.50. The molecule has 0 aliphatic heterocycles. The largest absolute Gasteiger partial charge is 0.272 e. The lowest BCUT2D eigenvalue weighted by Crippen LogP contribution is -2.55. The average molecular weight is 377 g/mol. The van der Waals surface area contributed by atoms with Crippen LogP contribution in [0.15, 0.2) is 42.5 Å². The van der Waals surface area contributed by atoms with E-state index in [1.165, 1.54) is 11.1 Å². The smallest absolute Gasteiger partial charge is 0.267 e. The Morgan fingerprint density at radius 1 is 1.08 bits per heavy atom. The molecule has 26 heavy (non-hydrogen) atoms. The van der Waals surface area contributed by atoms with Crippen LogP contribution < -0.4 is 5.43 Å². The molecular formula is C20H22ClFN2O2. The molecule has 0 radical (unpaired) electrons. The van der Waals surface area contributed by atoms with Crippen molar-refractivity contribution in [3.05, 3.63) is 70.0 Å². The van der Waals surface area contributed by atoms with E-state index < -0.39 is 23.2 Å². The SMILES string of the molecule is CCc1ccc(C(=O)NN(C(=O)c2cc(F)cc(Cl)c2)C(C)(C)C)cc1. The molecule has 4 nitrogen and oxygen atoms in total. The molecule has 0 bridgehead atoms. The maximum absolute atomic E-state index is 13.6. The molecule has 2 aromatic carbocycles. The summed E-state index contributed by atoms with van der Waals surface area (Å²) in [6.45, 7) is 7.34. The molecule has 0 aliphatic carbocycles. The first kappa shape index (κ1) is 19.9. The lowest BCUT2D eigenvalue weighted by Gasteiger charge is -2.35. The number of hydrogen-bond acceptors (Lipinski definition) is 2. The second-order valence-corrected chi connectivity index (χ2v) is 7.40. The zero-order valence-corrected chi connectivity index (χ0v) is 16.0. The van der Waals surface area contributed by atoms with Crippen LogP contribution in [-0.2, 0) is 6.42 Å². The molecule has 0 heterocycles. The van der Waals surface area contributed by atoms with Crippen molar-refractivity contribution in [2.24, 2.45) is 0 Å². The number of hydrogen-bond donors (Lipinski definition) is 1. The maximum atomic E-state index is 13.6. The summed E-state index contributed by atoms with van der Waals surface area (Å²) in [7, 11) is 0. The van der Waals surface area contributed by atoms with Crippen LogP contribution >= 0.6 is 11.6 Å². The third-order valence-electron chi connectivity index (χ3n) is 3.82. The van der Waals surface area contributed by atoms with Crippen LogP contribution in [0.1, 0.15) is 54.0 Å². The lowest BCUT2D eigenvalue weighted by molar-refractivity contribution is 0.0358. The second-order valence-electron chi connectivity index (χ2n) is 6.96. The summed E-state index contributed by atoms with van der Waals surface area (Å²) in [6.07, 6.45) is 0.870. The number of benzene rings is 2. The summed E-state index contributed by atoms with van der Waals surface area (Å²) in [5, 5.41) is 1.30. The topological polar surface area (TPSA) is 49.4 Å². The Hall–Kier alpha value is -2.40. The lowest BCUT2D eigenvalue weighted by atomic mass is 10.1. The summed E-state index contributed by atoms with van der Waals surface area (Å²) >= 11 is 5.85. The molecule has 1 N–H and O–H groups in total. The van der Waals surface area contributed by atoms with Gasteiger partial charge in [0, 0.05) is 16.1 Å². The fourth-order valence-corrected chi connectivity index (χ4v) is 2.61. The van der Waals surface area contributed by atoms with E-state index in [0.29, 0.717) is 5.56 Å². The Kier molecular flexibility index (Phi) is 6.03. The van der Waals surface area contributed by atoms with E-state index in [4.69, 9.17) is 11.6 Å². The molecule has 0 atom stereocenters. The van der Waals surface area contributed by atoms with Gasteiger partial charge in [0.05, 0.1) is 5.54 Å². The third kappa shape index (κ3) is 4.82. The number of halogens is 2. The van der Waals surface area contributed by atoms with Gasteiger partial charge in [-0.05, 0) is 63.1 Å². The molecule has 2 amide bonds. The van der Waals surface area contributed by atoms with Crippen molar-refractivity contribution in [2.45, 2.75) is 39.7 Å². The van der Waals surface area contributed by atoms with Crippen LogP contribution in [0.3, 0.4) is 0 Å². The second kappa shape index (κ2) is 7.87. The summed E-state index contributed by atoms with van der Waals surface area (Å²) in [4.78, 5) is 25.4. The number of nitrogens with one attached hydrogen (secondary N) is 1. The van der Waals surface area contributed by atoms with Gasteiger partial charge >= 0.3 is 0 Å². The van der Waals surface area contributed by atoms with Crippen molar-refractivity contribution >= 4 is 23.4 Å². The predicted molar refractivity (Wildman–Crippen MR) is 101 cm³/mol. The highest BCUT2D eigenvalue weighted by molar-refractivity contribution is 6.31. The van der Waals surface area contributed by atoms with Crippen molar-refractivity contribution in [2.75, 3.05) is 0 Å². The zero-order chi connectivity index (χ0) is 19.5. The molecule has 138 valence electrons. The Morgan fingerprint density at radius 2 is 1.69 bits per heavy atom. The van der Waals surface area contributed by atoms with Crippen LogP contribution in [-0.4, -0.2) is 22.4 Å². The Morgan fingerprint density at radius 3 is 2.19 bits per heavy atom. The van der Waals surface area contributed by atoms with Gasteiger partial charge in [0.25, 0.3) is 11.8 Å². The van der Waals surface area contributed by atoms with Gasteiger partial charge in [-0.2, -0.15) is 0 Å². The van der Waals surface area contributed by atoms with E-state index in [1.807, 2.05) is 19.1 Å². The molecule has 2 rings (SSSR count). The van der Waals surface area contributed by atoms with Crippen LogP contribution in [0.4, 0.5) is 4.39 Å². The molecule has 0 aromatic heterocycles. The van der Waals surface area contributed by atoms with Crippen LogP contribution in [0.2, 0.25) is 5.02 Å². The molecule has 2 aromatic rings. The van der Waals surface area contributed by atoms with E-state index in [1.54, 1.807) is 32.9 Å². The van der Waals surface area contributed by atoms with Gasteiger partial charge in [0.2, 0.25) is 0 Å². The van der Waals surface area contributed by atoms with E-state index >= 15 is 0 Å². The number of carbonyl (C=O) groups excluding carboxylic acids is 2. The Balaban J connectivity index is 2.29.